The van der Waals surface area contributed by atoms with Crippen LogP contribution in [0.4, 0.5) is 0 Å². The number of likely N-dealkylation sites (N-methyl/N-ethyl adjacent to an activating group) is 1. The zero-order chi connectivity index (χ0) is 17.8. The van der Waals surface area contributed by atoms with Gasteiger partial charge in [-0.05, 0) is 26.3 Å². The quantitative estimate of drug-likeness (QED) is 0.843. The number of carboxylic acid groups (broad SMARTS) is 1. The van der Waals surface area contributed by atoms with Crippen LogP contribution in [-0.2, 0) is 25.8 Å². The minimum atomic E-state index is -3.66. The lowest BCUT2D eigenvalue weighted by molar-refractivity contribution is -0.148. The van der Waals surface area contributed by atoms with Crippen molar-refractivity contribution in [2.24, 2.45) is 0 Å². The molecule has 1 rings (SSSR count). The van der Waals surface area contributed by atoms with Crippen LogP contribution in [0.15, 0.2) is 30.3 Å². The Morgan fingerprint density at radius 1 is 1.17 bits per heavy atom. The Balaban J connectivity index is 2.92. The Bertz CT molecular complexity index is 661. The van der Waals surface area contributed by atoms with Gasteiger partial charge < -0.3 is 10.0 Å². The zero-order valence-corrected chi connectivity index (χ0v) is 14.6. The SMILES string of the molecule is CN(C(=O)CS(=O)(=O)C(C)(C)C)C(Cc1ccccc1)C(=O)O. The van der Waals surface area contributed by atoms with Gasteiger partial charge in [0.25, 0.3) is 0 Å². The number of carboxylic acids is 1. The molecule has 0 fully saturated rings. The molecule has 1 atom stereocenters. The van der Waals surface area contributed by atoms with Gasteiger partial charge in [0.1, 0.15) is 11.8 Å². The van der Waals surface area contributed by atoms with Gasteiger partial charge in [-0.3, -0.25) is 4.79 Å². The van der Waals surface area contributed by atoms with E-state index in [4.69, 9.17) is 0 Å². The van der Waals surface area contributed by atoms with Crippen molar-refractivity contribution in [3.63, 3.8) is 0 Å². The van der Waals surface area contributed by atoms with E-state index in [9.17, 15) is 23.1 Å². The van der Waals surface area contributed by atoms with E-state index in [1.165, 1.54) is 27.8 Å². The summed E-state index contributed by atoms with van der Waals surface area (Å²) in [5, 5.41) is 9.37. The minimum Gasteiger partial charge on any atom is -0.480 e. The van der Waals surface area contributed by atoms with Gasteiger partial charge in [0.15, 0.2) is 9.84 Å². The number of hydrogen-bond donors (Lipinski definition) is 1. The van der Waals surface area contributed by atoms with Gasteiger partial charge in [0, 0.05) is 13.5 Å². The largest absolute Gasteiger partial charge is 0.480 e. The van der Waals surface area contributed by atoms with E-state index in [0.29, 0.717) is 0 Å². The summed E-state index contributed by atoms with van der Waals surface area (Å²) >= 11 is 0. The standard InChI is InChI=1S/C16H23NO5S/c1-16(2,3)23(21,22)11-14(18)17(4)13(15(19)20)10-12-8-6-5-7-9-12/h5-9,13H,10-11H2,1-4H3,(H,19,20). The van der Waals surface area contributed by atoms with Crippen LogP contribution in [0, 0.1) is 0 Å². The molecule has 0 aliphatic rings. The van der Waals surface area contributed by atoms with Crippen LogP contribution in [0.5, 0.6) is 0 Å². The third-order valence-electron chi connectivity index (χ3n) is 3.66. The minimum absolute atomic E-state index is 0.119. The zero-order valence-electron chi connectivity index (χ0n) is 13.8. The lowest BCUT2D eigenvalue weighted by atomic mass is 10.1. The first-order chi connectivity index (χ1) is 10.5. The monoisotopic (exact) mass is 341 g/mol. The normalized spacial score (nSPS) is 13.4. The smallest absolute Gasteiger partial charge is 0.326 e. The molecule has 0 bridgehead atoms. The predicted molar refractivity (Wildman–Crippen MR) is 87.9 cm³/mol. The molecule has 1 aromatic carbocycles. The molecule has 0 aliphatic heterocycles. The lowest BCUT2D eigenvalue weighted by Gasteiger charge is -2.27. The molecule has 1 N–H and O–H groups in total. The molecule has 0 radical (unpaired) electrons. The number of benzene rings is 1. The number of sulfone groups is 1. The van der Waals surface area contributed by atoms with E-state index in [-0.39, 0.29) is 6.42 Å². The Labute approximate surface area is 137 Å². The fourth-order valence-corrected chi connectivity index (χ4v) is 2.84. The second kappa shape index (κ2) is 7.12. The number of rotatable bonds is 6. The number of nitrogens with zero attached hydrogens (tertiary/aromatic N) is 1. The lowest BCUT2D eigenvalue weighted by Crippen LogP contribution is -2.47. The van der Waals surface area contributed by atoms with Crippen molar-refractivity contribution in [1.82, 2.24) is 4.90 Å². The molecule has 0 aromatic heterocycles. The van der Waals surface area contributed by atoms with Crippen LogP contribution in [0.25, 0.3) is 0 Å². The molecule has 0 saturated heterocycles. The molecule has 128 valence electrons. The van der Waals surface area contributed by atoms with E-state index in [0.717, 1.165) is 10.5 Å². The maximum Gasteiger partial charge on any atom is 0.326 e. The topological polar surface area (TPSA) is 91.8 Å². The number of carbonyl (C=O) groups excluding carboxylic acids is 1. The van der Waals surface area contributed by atoms with Crippen LogP contribution in [0.1, 0.15) is 26.3 Å². The van der Waals surface area contributed by atoms with Crippen LogP contribution in [0.2, 0.25) is 0 Å². The van der Waals surface area contributed by atoms with E-state index in [2.05, 4.69) is 0 Å². The highest BCUT2D eigenvalue weighted by Gasteiger charge is 2.35. The van der Waals surface area contributed by atoms with E-state index >= 15 is 0 Å². The second-order valence-corrected chi connectivity index (χ2v) is 9.16. The highest BCUT2D eigenvalue weighted by atomic mass is 32.2. The highest BCUT2D eigenvalue weighted by Crippen LogP contribution is 2.17. The van der Waals surface area contributed by atoms with Gasteiger partial charge in [-0.2, -0.15) is 0 Å². The van der Waals surface area contributed by atoms with Gasteiger partial charge in [-0.25, -0.2) is 13.2 Å². The first-order valence-corrected chi connectivity index (χ1v) is 8.85. The summed E-state index contributed by atoms with van der Waals surface area (Å²) in [6.45, 7) is 4.52. The van der Waals surface area contributed by atoms with Gasteiger partial charge >= 0.3 is 5.97 Å². The highest BCUT2D eigenvalue weighted by molar-refractivity contribution is 7.93. The summed E-state index contributed by atoms with van der Waals surface area (Å²) in [6.07, 6.45) is 0.119. The Morgan fingerprint density at radius 3 is 2.13 bits per heavy atom. The van der Waals surface area contributed by atoms with Crippen molar-refractivity contribution in [3.8, 4) is 0 Å². The molecule has 1 aromatic rings. The fraction of sp³-hybridized carbons (Fsp3) is 0.500. The van der Waals surface area contributed by atoms with Crippen LogP contribution < -0.4 is 0 Å². The van der Waals surface area contributed by atoms with Gasteiger partial charge in [-0.15, -0.1) is 0 Å². The summed E-state index contributed by atoms with van der Waals surface area (Å²) in [6, 6.07) is 7.78. The number of amides is 1. The molecule has 1 unspecified atom stereocenters. The maximum absolute atomic E-state index is 12.2. The maximum atomic E-state index is 12.2. The Hall–Kier alpha value is -1.89. The number of hydrogen-bond acceptors (Lipinski definition) is 4. The van der Waals surface area contributed by atoms with Gasteiger partial charge in [0.05, 0.1) is 4.75 Å². The van der Waals surface area contributed by atoms with Crippen molar-refractivity contribution in [1.29, 1.82) is 0 Å². The van der Waals surface area contributed by atoms with E-state index in [1.807, 2.05) is 6.07 Å². The van der Waals surface area contributed by atoms with Crippen molar-refractivity contribution in [2.45, 2.75) is 38.0 Å². The summed E-state index contributed by atoms with van der Waals surface area (Å²) in [7, 11) is -2.34. The molecule has 0 spiro atoms. The van der Waals surface area contributed by atoms with Crippen molar-refractivity contribution in [3.05, 3.63) is 35.9 Å². The number of carbonyl (C=O) groups is 2. The van der Waals surface area contributed by atoms with E-state index < -0.39 is 38.3 Å². The Kier molecular flexibility index (Phi) is 5.93. The third kappa shape index (κ3) is 5.06. The van der Waals surface area contributed by atoms with Crippen LogP contribution in [0.3, 0.4) is 0 Å². The molecule has 0 heterocycles. The Morgan fingerprint density at radius 2 is 1.70 bits per heavy atom. The molecule has 1 amide bonds. The van der Waals surface area contributed by atoms with Crippen LogP contribution >= 0.6 is 0 Å². The average Bonchev–Trinajstić information content (AvgIpc) is 2.43. The first-order valence-electron chi connectivity index (χ1n) is 7.20. The molecule has 7 heteroatoms. The van der Waals surface area contributed by atoms with Crippen molar-refractivity contribution < 1.29 is 23.1 Å². The summed E-state index contributed by atoms with van der Waals surface area (Å²) < 4.78 is 23.2. The molecular formula is C16H23NO5S. The number of aliphatic carboxylic acids is 1. The molecule has 6 nitrogen and oxygen atoms in total. The summed E-state index contributed by atoms with van der Waals surface area (Å²) in [5.41, 5.74) is 0.762. The molecule has 0 saturated carbocycles. The average molecular weight is 341 g/mol. The van der Waals surface area contributed by atoms with Gasteiger partial charge in [0.2, 0.25) is 5.91 Å². The molecular weight excluding hydrogens is 318 g/mol. The second-order valence-electron chi connectivity index (χ2n) is 6.42. The molecule has 0 aliphatic carbocycles. The summed E-state index contributed by atoms with van der Waals surface area (Å²) in [5.74, 6) is -2.59. The van der Waals surface area contributed by atoms with Gasteiger partial charge in [-0.1, -0.05) is 30.3 Å². The predicted octanol–water partition coefficient (Wildman–Crippen LogP) is 1.35. The summed E-state index contributed by atoms with van der Waals surface area (Å²) in [4.78, 5) is 24.7. The first kappa shape index (κ1) is 19.2. The van der Waals surface area contributed by atoms with Crippen molar-refractivity contribution >= 4 is 21.7 Å². The van der Waals surface area contributed by atoms with E-state index in [1.54, 1.807) is 24.3 Å². The molecule has 23 heavy (non-hydrogen) atoms. The van der Waals surface area contributed by atoms with Crippen LogP contribution in [-0.4, -0.2) is 53.9 Å². The third-order valence-corrected chi connectivity index (χ3v) is 6.16. The fourth-order valence-electron chi connectivity index (χ4n) is 1.88. The van der Waals surface area contributed by atoms with Crippen molar-refractivity contribution in [2.75, 3.05) is 12.8 Å².